The van der Waals surface area contributed by atoms with Crippen LogP contribution in [0, 0.1) is 0 Å². The molecule has 0 saturated carbocycles. The van der Waals surface area contributed by atoms with Gasteiger partial charge in [0.25, 0.3) is 5.91 Å². The zero-order chi connectivity index (χ0) is 23.9. The Kier molecular flexibility index (Phi) is 7.26. The average molecular weight is 463 g/mol. The number of nitrogens with zero attached hydrogens (tertiary/aromatic N) is 4. The highest BCUT2D eigenvalue weighted by atomic mass is 16.5. The van der Waals surface area contributed by atoms with Gasteiger partial charge in [0.05, 0.1) is 17.3 Å². The van der Waals surface area contributed by atoms with Gasteiger partial charge in [-0.15, -0.1) is 5.10 Å². The Morgan fingerprint density at radius 1 is 1.06 bits per heavy atom. The van der Waals surface area contributed by atoms with Crippen molar-refractivity contribution >= 4 is 23.5 Å². The van der Waals surface area contributed by atoms with Gasteiger partial charge in [-0.05, 0) is 71.9 Å². The molecule has 0 radical (unpaired) electrons. The minimum absolute atomic E-state index is 0.112. The van der Waals surface area contributed by atoms with Crippen LogP contribution in [0.2, 0.25) is 0 Å². The Bertz CT molecular complexity index is 1180. The fourth-order valence-electron chi connectivity index (χ4n) is 3.96. The van der Waals surface area contributed by atoms with E-state index in [0.29, 0.717) is 0 Å². The SMILES string of the molecule is CC(NC(=O)COC(=O)c1ccccc1NC(=O)Cn1cnnn1)c1ccc2c(c1)CCCC2. The summed E-state index contributed by atoms with van der Waals surface area (Å²) in [5.41, 5.74) is 4.16. The molecule has 2 aromatic carbocycles. The minimum atomic E-state index is -0.713. The molecule has 0 spiro atoms. The minimum Gasteiger partial charge on any atom is -0.452 e. The molecule has 34 heavy (non-hydrogen) atoms. The number of anilines is 1. The fraction of sp³-hybridized carbons (Fsp3) is 0.333. The van der Waals surface area contributed by atoms with E-state index >= 15 is 0 Å². The first-order valence-corrected chi connectivity index (χ1v) is 11.2. The van der Waals surface area contributed by atoms with Crippen molar-refractivity contribution in [2.75, 3.05) is 11.9 Å². The van der Waals surface area contributed by atoms with Crippen LogP contribution in [0.5, 0.6) is 0 Å². The van der Waals surface area contributed by atoms with Crippen LogP contribution in [0.3, 0.4) is 0 Å². The second kappa shape index (κ2) is 10.7. The lowest BCUT2D eigenvalue weighted by Gasteiger charge is -2.20. The molecule has 0 aliphatic heterocycles. The predicted octanol–water partition coefficient (Wildman–Crippen LogP) is 2.22. The maximum Gasteiger partial charge on any atom is 0.340 e. The maximum atomic E-state index is 12.6. The summed E-state index contributed by atoms with van der Waals surface area (Å²) in [5, 5.41) is 16.1. The highest BCUT2D eigenvalue weighted by Crippen LogP contribution is 2.24. The Hall–Kier alpha value is -4.08. The van der Waals surface area contributed by atoms with Crippen LogP contribution in [0.1, 0.15) is 52.9 Å². The van der Waals surface area contributed by atoms with Crippen molar-refractivity contribution < 1.29 is 19.1 Å². The van der Waals surface area contributed by atoms with Gasteiger partial charge in [-0.1, -0.05) is 30.3 Å². The number of fused-ring (bicyclic) bond motifs is 1. The van der Waals surface area contributed by atoms with Crippen molar-refractivity contribution in [3.63, 3.8) is 0 Å². The Morgan fingerprint density at radius 2 is 1.85 bits per heavy atom. The number of amides is 2. The van der Waals surface area contributed by atoms with Crippen LogP contribution >= 0.6 is 0 Å². The first-order chi connectivity index (χ1) is 16.5. The molecular formula is C24H26N6O4. The van der Waals surface area contributed by atoms with Gasteiger partial charge < -0.3 is 15.4 Å². The highest BCUT2D eigenvalue weighted by Gasteiger charge is 2.18. The number of aromatic nitrogens is 4. The molecule has 1 aliphatic rings. The van der Waals surface area contributed by atoms with Crippen LogP contribution in [0.15, 0.2) is 48.8 Å². The molecule has 4 rings (SSSR count). The zero-order valence-electron chi connectivity index (χ0n) is 18.9. The lowest BCUT2D eigenvalue weighted by atomic mass is 9.89. The van der Waals surface area contributed by atoms with E-state index in [1.165, 1.54) is 41.0 Å². The second-order valence-corrected chi connectivity index (χ2v) is 8.20. The van der Waals surface area contributed by atoms with Crippen molar-refractivity contribution in [3.05, 3.63) is 71.0 Å². The fourth-order valence-corrected chi connectivity index (χ4v) is 3.96. The summed E-state index contributed by atoms with van der Waals surface area (Å²) in [7, 11) is 0. The van der Waals surface area contributed by atoms with Crippen molar-refractivity contribution in [2.45, 2.75) is 45.2 Å². The topological polar surface area (TPSA) is 128 Å². The summed E-state index contributed by atoms with van der Waals surface area (Å²) >= 11 is 0. The number of carbonyl (C=O) groups is 3. The molecule has 0 fully saturated rings. The molecule has 0 bridgehead atoms. The summed E-state index contributed by atoms with van der Waals surface area (Å²) in [6.45, 7) is 1.36. The largest absolute Gasteiger partial charge is 0.452 e. The Balaban J connectivity index is 1.31. The molecule has 10 nitrogen and oxygen atoms in total. The number of esters is 1. The quantitative estimate of drug-likeness (QED) is 0.491. The molecule has 176 valence electrons. The van der Waals surface area contributed by atoms with Crippen molar-refractivity contribution in [1.29, 1.82) is 0 Å². The number of hydrogen-bond donors (Lipinski definition) is 2. The highest BCUT2D eigenvalue weighted by molar-refractivity contribution is 6.01. The third kappa shape index (κ3) is 5.83. The molecule has 2 N–H and O–H groups in total. The van der Waals surface area contributed by atoms with Gasteiger partial charge in [-0.3, -0.25) is 9.59 Å². The number of aryl methyl sites for hydroxylation is 2. The molecule has 3 aromatic rings. The van der Waals surface area contributed by atoms with Gasteiger partial charge in [0.1, 0.15) is 12.9 Å². The van der Waals surface area contributed by atoms with Crippen molar-refractivity contribution in [2.24, 2.45) is 0 Å². The molecule has 1 atom stereocenters. The number of ether oxygens (including phenoxy) is 1. The lowest BCUT2D eigenvalue weighted by Crippen LogP contribution is -2.31. The molecule has 0 saturated heterocycles. The van der Waals surface area contributed by atoms with E-state index in [2.05, 4.69) is 38.3 Å². The van der Waals surface area contributed by atoms with Crippen molar-refractivity contribution in [1.82, 2.24) is 25.5 Å². The normalized spacial score (nSPS) is 13.4. The second-order valence-electron chi connectivity index (χ2n) is 8.20. The van der Waals surface area contributed by atoms with E-state index < -0.39 is 24.4 Å². The maximum absolute atomic E-state index is 12.6. The standard InChI is InChI=1S/C24H26N6O4/c1-16(18-11-10-17-6-2-3-7-19(17)12-18)26-23(32)14-34-24(33)20-8-4-5-9-21(20)27-22(31)13-30-15-25-28-29-30/h4-5,8-12,15-16H,2-3,6-7,13-14H2,1H3,(H,26,32)(H,27,31). The van der Waals surface area contributed by atoms with E-state index in [-0.39, 0.29) is 23.8 Å². The van der Waals surface area contributed by atoms with E-state index in [1.54, 1.807) is 18.2 Å². The summed E-state index contributed by atoms with van der Waals surface area (Å²) < 4.78 is 6.46. The summed E-state index contributed by atoms with van der Waals surface area (Å²) in [6.07, 6.45) is 5.88. The van der Waals surface area contributed by atoms with Crippen molar-refractivity contribution in [3.8, 4) is 0 Å². The monoisotopic (exact) mass is 462 g/mol. The smallest absolute Gasteiger partial charge is 0.340 e. The first kappa shape index (κ1) is 23.1. The number of tetrazole rings is 1. The van der Waals surface area contributed by atoms with Gasteiger partial charge >= 0.3 is 5.97 Å². The van der Waals surface area contributed by atoms with Crippen LogP contribution < -0.4 is 10.6 Å². The number of hydrogen-bond acceptors (Lipinski definition) is 7. The zero-order valence-corrected chi connectivity index (χ0v) is 18.9. The predicted molar refractivity (Wildman–Crippen MR) is 123 cm³/mol. The molecular weight excluding hydrogens is 436 g/mol. The average Bonchev–Trinajstić information content (AvgIpc) is 3.35. The number of rotatable bonds is 8. The lowest BCUT2D eigenvalue weighted by molar-refractivity contribution is -0.125. The van der Waals surface area contributed by atoms with Crippen LogP contribution in [0.4, 0.5) is 5.69 Å². The van der Waals surface area contributed by atoms with Crippen LogP contribution in [-0.4, -0.2) is 44.6 Å². The van der Waals surface area contributed by atoms with E-state index in [9.17, 15) is 14.4 Å². The van der Waals surface area contributed by atoms with Crippen LogP contribution in [-0.2, 0) is 33.7 Å². The number of benzene rings is 2. The van der Waals surface area contributed by atoms with E-state index in [1.807, 2.05) is 13.0 Å². The number of para-hydroxylation sites is 1. The Morgan fingerprint density at radius 3 is 2.65 bits per heavy atom. The van der Waals surface area contributed by atoms with Gasteiger partial charge in [0.15, 0.2) is 6.61 Å². The third-order valence-electron chi connectivity index (χ3n) is 5.70. The summed E-state index contributed by atoms with van der Waals surface area (Å²) in [5.74, 6) is -1.53. The van der Waals surface area contributed by atoms with Crippen LogP contribution in [0.25, 0.3) is 0 Å². The molecule has 10 heteroatoms. The molecule has 1 unspecified atom stereocenters. The Labute approximate surface area is 196 Å². The van der Waals surface area contributed by atoms with Gasteiger partial charge in [0, 0.05) is 0 Å². The summed E-state index contributed by atoms with van der Waals surface area (Å²) in [6, 6.07) is 12.5. The molecule has 2 amide bonds. The molecule has 1 aromatic heterocycles. The van der Waals surface area contributed by atoms with Gasteiger partial charge in [-0.2, -0.15) is 0 Å². The number of carbonyl (C=O) groups excluding carboxylic acids is 3. The third-order valence-corrected chi connectivity index (χ3v) is 5.70. The molecule has 1 heterocycles. The van der Waals surface area contributed by atoms with Gasteiger partial charge in [0.2, 0.25) is 5.91 Å². The van der Waals surface area contributed by atoms with E-state index in [0.717, 1.165) is 18.4 Å². The summed E-state index contributed by atoms with van der Waals surface area (Å²) in [4.78, 5) is 37.2. The first-order valence-electron chi connectivity index (χ1n) is 11.2. The van der Waals surface area contributed by atoms with Gasteiger partial charge in [-0.25, -0.2) is 9.48 Å². The van der Waals surface area contributed by atoms with E-state index in [4.69, 9.17) is 4.74 Å². The molecule has 1 aliphatic carbocycles. The number of nitrogens with one attached hydrogen (secondary N) is 2.